The predicted molar refractivity (Wildman–Crippen MR) is 57.7 cm³/mol. The molecule has 0 atom stereocenters. The largest absolute Gasteiger partial charge is 0.489 e. The maximum absolute atomic E-state index is 10.8. The van der Waals surface area contributed by atoms with Crippen molar-refractivity contribution in [1.82, 2.24) is 0 Å². The fourth-order valence-electron chi connectivity index (χ4n) is 1.12. The smallest absolute Gasteiger partial charge is 0.221 e. The highest BCUT2D eigenvalue weighted by molar-refractivity contribution is 5.89. The van der Waals surface area contributed by atoms with Crippen molar-refractivity contribution in [3.63, 3.8) is 0 Å². The summed E-state index contributed by atoms with van der Waals surface area (Å²) in [7, 11) is 0. The van der Waals surface area contributed by atoms with E-state index in [-0.39, 0.29) is 19.1 Å². The van der Waals surface area contributed by atoms with Gasteiger partial charge in [0.2, 0.25) is 5.91 Å². The second kappa shape index (κ2) is 5.21. The van der Waals surface area contributed by atoms with Gasteiger partial charge in [-0.1, -0.05) is 0 Å². The van der Waals surface area contributed by atoms with Crippen molar-refractivity contribution in [3.8, 4) is 5.75 Å². The number of rotatable bonds is 4. The minimum atomic E-state index is -0.154. The highest BCUT2D eigenvalue weighted by atomic mass is 16.5. The van der Waals surface area contributed by atoms with Crippen LogP contribution in [0, 0.1) is 0 Å². The molecule has 82 valence electrons. The summed E-state index contributed by atoms with van der Waals surface area (Å²) in [5.41, 5.74) is 6.73. The Bertz CT molecular complexity index is 353. The lowest BCUT2D eigenvalue weighted by Gasteiger charge is -2.09. The predicted octanol–water partition coefficient (Wildman–Crippen LogP) is 0.598. The second-order valence-electron chi connectivity index (χ2n) is 3.01. The number of hydrogen-bond acceptors (Lipinski definition) is 4. The maximum Gasteiger partial charge on any atom is 0.221 e. The molecule has 1 amide bonds. The number of amides is 1. The number of hydrogen-bond donors (Lipinski definition) is 3. The molecule has 4 N–H and O–H groups in total. The van der Waals surface area contributed by atoms with Crippen LogP contribution in [-0.4, -0.2) is 24.2 Å². The molecule has 5 nitrogen and oxygen atoms in total. The molecule has 15 heavy (non-hydrogen) atoms. The van der Waals surface area contributed by atoms with E-state index in [2.05, 4.69) is 5.32 Å². The second-order valence-corrected chi connectivity index (χ2v) is 3.01. The summed E-state index contributed by atoms with van der Waals surface area (Å²) in [5.74, 6) is 0.344. The van der Waals surface area contributed by atoms with Crippen LogP contribution in [0.2, 0.25) is 0 Å². The Hall–Kier alpha value is -1.75. The Labute approximate surface area is 87.9 Å². The van der Waals surface area contributed by atoms with Crippen LogP contribution in [0.25, 0.3) is 0 Å². The number of nitrogens with two attached hydrogens (primary N) is 1. The standard InChI is InChI=1S/C10H14N2O3/c1-7(14)12-8-2-3-10(9(11)6-8)15-5-4-13/h2-3,6,13H,4-5,11H2,1H3,(H,12,14). The number of anilines is 2. The fourth-order valence-corrected chi connectivity index (χ4v) is 1.12. The van der Waals surface area contributed by atoms with Gasteiger partial charge in [-0.2, -0.15) is 0 Å². The average Bonchev–Trinajstić information content (AvgIpc) is 2.15. The Kier molecular flexibility index (Phi) is 3.93. The van der Waals surface area contributed by atoms with E-state index in [1.54, 1.807) is 18.2 Å². The third kappa shape index (κ3) is 3.47. The van der Waals surface area contributed by atoms with E-state index >= 15 is 0 Å². The molecule has 0 radical (unpaired) electrons. The number of aliphatic hydroxyl groups excluding tert-OH is 1. The van der Waals surface area contributed by atoms with Crippen molar-refractivity contribution in [2.24, 2.45) is 0 Å². The maximum atomic E-state index is 10.8. The zero-order valence-corrected chi connectivity index (χ0v) is 8.49. The zero-order valence-electron chi connectivity index (χ0n) is 8.49. The molecule has 0 aliphatic rings. The summed E-state index contributed by atoms with van der Waals surface area (Å²) in [6.07, 6.45) is 0. The summed E-state index contributed by atoms with van der Waals surface area (Å²) in [4.78, 5) is 10.8. The Balaban J connectivity index is 2.74. The molecule has 1 rings (SSSR count). The molecular weight excluding hydrogens is 196 g/mol. The first-order chi connectivity index (χ1) is 7.13. The summed E-state index contributed by atoms with van der Waals surface area (Å²) < 4.78 is 5.16. The Morgan fingerprint density at radius 2 is 2.33 bits per heavy atom. The van der Waals surface area contributed by atoms with Crippen LogP contribution in [0.4, 0.5) is 11.4 Å². The van der Waals surface area contributed by atoms with Gasteiger partial charge in [0.1, 0.15) is 12.4 Å². The summed E-state index contributed by atoms with van der Waals surface area (Å²) in [6.45, 7) is 1.56. The molecule has 0 aliphatic heterocycles. The van der Waals surface area contributed by atoms with E-state index in [0.29, 0.717) is 17.1 Å². The van der Waals surface area contributed by atoms with Gasteiger partial charge in [-0.05, 0) is 18.2 Å². The Morgan fingerprint density at radius 1 is 1.60 bits per heavy atom. The highest BCUT2D eigenvalue weighted by Gasteiger charge is 2.02. The van der Waals surface area contributed by atoms with E-state index < -0.39 is 0 Å². The van der Waals surface area contributed by atoms with E-state index in [0.717, 1.165) is 0 Å². The molecule has 5 heteroatoms. The molecule has 0 bridgehead atoms. The fraction of sp³-hybridized carbons (Fsp3) is 0.300. The zero-order chi connectivity index (χ0) is 11.3. The van der Waals surface area contributed by atoms with Gasteiger partial charge in [0.15, 0.2) is 0 Å². The van der Waals surface area contributed by atoms with E-state index in [1.165, 1.54) is 6.92 Å². The van der Waals surface area contributed by atoms with Crippen molar-refractivity contribution in [3.05, 3.63) is 18.2 Å². The quantitative estimate of drug-likeness (QED) is 0.635. The number of nitrogen functional groups attached to an aromatic ring is 1. The molecule has 1 aromatic carbocycles. The van der Waals surface area contributed by atoms with Crippen LogP contribution >= 0.6 is 0 Å². The third-order valence-corrected chi connectivity index (χ3v) is 1.68. The van der Waals surface area contributed by atoms with Gasteiger partial charge in [-0.15, -0.1) is 0 Å². The normalized spacial score (nSPS) is 9.73. The van der Waals surface area contributed by atoms with Gasteiger partial charge in [0.05, 0.1) is 12.3 Å². The first-order valence-electron chi connectivity index (χ1n) is 4.54. The summed E-state index contributed by atoms with van der Waals surface area (Å²) >= 11 is 0. The summed E-state index contributed by atoms with van der Waals surface area (Å²) in [5, 5.41) is 11.2. The minimum absolute atomic E-state index is 0.0626. The van der Waals surface area contributed by atoms with Crippen LogP contribution in [0.1, 0.15) is 6.92 Å². The molecule has 0 unspecified atom stereocenters. The van der Waals surface area contributed by atoms with Crippen molar-refractivity contribution in [2.45, 2.75) is 6.92 Å². The van der Waals surface area contributed by atoms with Gasteiger partial charge < -0.3 is 20.9 Å². The SMILES string of the molecule is CC(=O)Nc1ccc(OCCO)c(N)c1. The third-order valence-electron chi connectivity index (χ3n) is 1.68. The number of carbonyl (C=O) groups excluding carboxylic acids is 1. The van der Waals surface area contributed by atoms with Gasteiger partial charge in [0, 0.05) is 12.6 Å². The number of aliphatic hydroxyl groups is 1. The minimum Gasteiger partial charge on any atom is -0.489 e. The van der Waals surface area contributed by atoms with Crippen LogP contribution in [0.15, 0.2) is 18.2 Å². The molecule has 0 aliphatic carbocycles. The lowest BCUT2D eigenvalue weighted by atomic mass is 10.2. The Morgan fingerprint density at radius 3 is 2.87 bits per heavy atom. The van der Waals surface area contributed by atoms with Gasteiger partial charge in [-0.25, -0.2) is 0 Å². The van der Waals surface area contributed by atoms with Crippen molar-refractivity contribution in [2.75, 3.05) is 24.3 Å². The average molecular weight is 210 g/mol. The lowest BCUT2D eigenvalue weighted by Crippen LogP contribution is -2.07. The first-order valence-corrected chi connectivity index (χ1v) is 4.54. The van der Waals surface area contributed by atoms with Crippen LogP contribution in [-0.2, 0) is 4.79 Å². The topological polar surface area (TPSA) is 84.6 Å². The van der Waals surface area contributed by atoms with Crippen LogP contribution in [0.5, 0.6) is 5.75 Å². The molecule has 0 saturated heterocycles. The van der Waals surface area contributed by atoms with Gasteiger partial charge in [-0.3, -0.25) is 4.79 Å². The van der Waals surface area contributed by atoms with Crippen LogP contribution < -0.4 is 15.8 Å². The number of benzene rings is 1. The number of ether oxygens (including phenoxy) is 1. The molecule has 0 fully saturated rings. The van der Waals surface area contributed by atoms with Crippen molar-refractivity contribution in [1.29, 1.82) is 0 Å². The monoisotopic (exact) mass is 210 g/mol. The molecule has 0 aromatic heterocycles. The van der Waals surface area contributed by atoms with E-state index in [1.807, 2.05) is 0 Å². The highest BCUT2D eigenvalue weighted by Crippen LogP contribution is 2.24. The lowest BCUT2D eigenvalue weighted by molar-refractivity contribution is -0.114. The summed E-state index contributed by atoms with van der Waals surface area (Å²) in [6, 6.07) is 4.94. The number of carbonyl (C=O) groups is 1. The van der Waals surface area contributed by atoms with Crippen molar-refractivity contribution >= 4 is 17.3 Å². The molecule has 1 aromatic rings. The van der Waals surface area contributed by atoms with Crippen molar-refractivity contribution < 1.29 is 14.6 Å². The molecule has 0 saturated carbocycles. The van der Waals surface area contributed by atoms with E-state index in [9.17, 15) is 4.79 Å². The molecular formula is C10H14N2O3. The molecule has 0 spiro atoms. The van der Waals surface area contributed by atoms with E-state index in [4.69, 9.17) is 15.6 Å². The first kappa shape index (κ1) is 11.3. The van der Waals surface area contributed by atoms with Crippen LogP contribution in [0.3, 0.4) is 0 Å². The van der Waals surface area contributed by atoms with Gasteiger partial charge >= 0.3 is 0 Å². The van der Waals surface area contributed by atoms with Gasteiger partial charge in [0.25, 0.3) is 0 Å². The number of nitrogens with one attached hydrogen (secondary N) is 1. The molecule has 0 heterocycles.